The van der Waals surface area contributed by atoms with Gasteiger partial charge in [-0.05, 0) is 38.5 Å². The van der Waals surface area contributed by atoms with Gasteiger partial charge >= 0.3 is 0 Å². The average Bonchev–Trinajstić information content (AvgIpc) is 2.49. The van der Waals surface area contributed by atoms with Crippen molar-refractivity contribution in [2.75, 3.05) is 12.4 Å². The number of rotatable bonds is 5. The number of hydrogen-bond acceptors (Lipinski definition) is 4. The number of benzene rings is 1. The summed E-state index contributed by atoms with van der Waals surface area (Å²) >= 11 is 0. The van der Waals surface area contributed by atoms with Crippen molar-refractivity contribution in [3.05, 3.63) is 52.6 Å². The van der Waals surface area contributed by atoms with Crippen molar-refractivity contribution in [1.29, 1.82) is 0 Å². The van der Waals surface area contributed by atoms with Gasteiger partial charge in [0.1, 0.15) is 5.75 Å². The minimum Gasteiger partial charge on any atom is -0.497 e. The van der Waals surface area contributed by atoms with Crippen LogP contribution in [0.1, 0.15) is 38.4 Å². The summed E-state index contributed by atoms with van der Waals surface area (Å²) in [5.74, 6) is 1.18. The Morgan fingerprint density at radius 3 is 2.43 bits per heavy atom. The Hall–Kier alpha value is -2.30. The molecule has 0 amide bonds. The van der Waals surface area contributed by atoms with Gasteiger partial charge in [-0.2, -0.15) is 0 Å². The van der Waals surface area contributed by atoms with E-state index in [1.807, 2.05) is 45.0 Å². The molecule has 1 N–H and O–H groups in total. The van der Waals surface area contributed by atoms with Gasteiger partial charge < -0.3 is 14.6 Å². The van der Waals surface area contributed by atoms with Gasteiger partial charge in [0.25, 0.3) is 5.56 Å². The van der Waals surface area contributed by atoms with E-state index in [1.165, 1.54) is 0 Å². The second-order valence-electron chi connectivity index (χ2n) is 5.22. The Kier molecular flexibility index (Phi) is 4.62. The Labute approximate surface area is 124 Å². The molecule has 1 heterocycles. The fraction of sp³-hybridized carbons (Fsp3) is 0.375. The molecule has 1 aromatic carbocycles. The molecule has 5 heteroatoms. The highest BCUT2D eigenvalue weighted by atomic mass is 16.5. The lowest BCUT2D eigenvalue weighted by Crippen LogP contribution is -2.26. The average molecular weight is 287 g/mol. The SMILES string of the molecule is COc1ccc(C(C)Nc2nccn(C(C)C)c2=O)cc1. The summed E-state index contributed by atoms with van der Waals surface area (Å²) in [6.07, 6.45) is 3.35. The zero-order valence-electron chi connectivity index (χ0n) is 12.8. The van der Waals surface area contributed by atoms with Crippen molar-refractivity contribution in [2.24, 2.45) is 0 Å². The molecule has 0 spiro atoms. The van der Waals surface area contributed by atoms with Crippen LogP contribution < -0.4 is 15.6 Å². The van der Waals surface area contributed by atoms with Crippen LogP contribution in [0.5, 0.6) is 5.75 Å². The molecule has 0 aliphatic rings. The Bertz CT molecular complexity index is 647. The van der Waals surface area contributed by atoms with E-state index in [0.29, 0.717) is 5.82 Å². The Morgan fingerprint density at radius 1 is 1.19 bits per heavy atom. The molecule has 0 radical (unpaired) electrons. The molecule has 5 nitrogen and oxygen atoms in total. The summed E-state index contributed by atoms with van der Waals surface area (Å²) in [4.78, 5) is 16.4. The van der Waals surface area contributed by atoms with Crippen molar-refractivity contribution in [3.8, 4) is 5.75 Å². The molecule has 1 aromatic heterocycles. The number of methoxy groups -OCH3 is 1. The van der Waals surface area contributed by atoms with Crippen LogP contribution in [0.25, 0.3) is 0 Å². The maximum absolute atomic E-state index is 12.3. The van der Waals surface area contributed by atoms with Crippen LogP contribution in [-0.2, 0) is 0 Å². The van der Waals surface area contributed by atoms with Gasteiger partial charge in [0.05, 0.1) is 13.2 Å². The summed E-state index contributed by atoms with van der Waals surface area (Å²) in [5, 5.41) is 3.17. The maximum Gasteiger partial charge on any atom is 0.293 e. The number of ether oxygens (including phenoxy) is 1. The smallest absolute Gasteiger partial charge is 0.293 e. The van der Waals surface area contributed by atoms with E-state index in [0.717, 1.165) is 11.3 Å². The fourth-order valence-corrected chi connectivity index (χ4v) is 2.11. The van der Waals surface area contributed by atoms with Gasteiger partial charge in [0.15, 0.2) is 5.82 Å². The van der Waals surface area contributed by atoms with Gasteiger partial charge in [-0.15, -0.1) is 0 Å². The van der Waals surface area contributed by atoms with E-state index in [4.69, 9.17) is 4.74 Å². The van der Waals surface area contributed by atoms with Gasteiger partial charge in [-0.3, -0.25) is 4.79 Å². The van der Waals surface area contributed by atoms with Gasteiger partial charge in [0.2, 0.25) is 0 Å². The number of anilines is 1. The largest absolute Gasteiger partial charge is 0.497 e. The van der Waals surface area contributed by atoms with E-state index >= 15 is 0 Å². The molecule has 0 aliphatic heterocycles. The topological polar surface area (TPSA) is 56.1 Å². The van der Waals surface area contributed by atoms with Crippen molar-refractivity contribution >= 4 is 5.82 Å². The highest BCUT2D eigenvalue weighted by molar-refractivity contribution is 5.37. The quantitative estimate of drug-likeness (QED) is 0.918. The Balaban J connectivity index is 2.21. The van der Waals surface area contributed by atoms with Crippen LogP contribution in [0.2, 0.25) is 0 Å². The van der Waals surface area contributed by atoms with E-state index in [9.17, 15) is 4.79 Å². The molecule has 2 rings (SSSR count). The summed E-state index contributed by atoms with van der Waals surface area (Å²) in [5.41, 5.74) is 0.963. The zero-order valence-corrected chi connectivity index (χ0v) is 12.8. The number of hydrogen-bond donors (Lipinski definition) is 1. The summed E-state index contributed by atoms with van der Waals surface area (Å²) in [6.45, 7) is 5.94. The molecule has 0 saturated heterocycles. The Morgan fingerprint density at radius 2 is 1.86 bits per heavy atom. The maximum atomic E-state index is 12.3. The summed E-state index contributed by atoms with van der Waals surface area (Å²) < 4.78 is 6.81. The monoisotopic (exact) mass is 287 g/mol. The lowest BCUT2D eigenvalue weighted by molar-refractivity contribution is 0.414. The van der Waals surface area contributed by atoms with Crippen molar-refractivity contribution in [2.45, 2.75) is 32.9 Å². The molecule has 2 aromatic rings. The first kappa shape index (κ1) is 15.1. The van der Waals surface area contributed by atoms with Gasteiger partial charge in [-0.1, -0.05) is 12.1 Å². The first-order chi connectivity index (χ1) is 10.0. The molecule has 0 fully saturated rings. The van der Waals surface area contributed by atoms with E-state index in [2.05, 4.69) is 10.3 Å². The lowest BCUT2D eigenvalue weighted by Gasteiger charge is -2.16. The first-order valence-electron chi connectivity index (χ1n) is 7.00. The fourth-order valence-electron chi connectivity index (χ4n) is 2.11. The number of nitrogens with one attached hydrogen (secondary N) is 1. The first-order valence-corrected chi connectivity index (χ1v) is 7.00. The number of aromatic nitrogens is 2. The van der Waals surface area contributed by atoms with Crippen molar-refractivity contribution in [1.82, 2.24) is 9.55 Å². The highest BCUT2D eigenvalue weighted by Crippen LogP contribution is 2.19. The molecule has 0 aliphatic carbocycles. The minimum absolute atomic E-state index is 0.0147. The van der Waals surface area contributed by atoms with Gasteiger partial charge in [0, 0.05) is 18.4 Å². The van der Waals surface area contributed by atoms with Crippen LogP contribution in [0.3, 0.4) is 0 Å². The van der Waals surface area contributed by atoms with Crippen LogP contribution in [0, 0.1) is 0 Å². The molecular weight excluding hydrogens is 266 g/mol. The summed E-state index contributed by atoms with van der Waals surface area (Å²) in [7, 11) is 1.64. The van der Waals surface area contributed by atoms with Crippen molar-refractivity contribution in [3.63, 3.8) is 0 Å². The summed E-state index contributed by atoms with van der Waals surface area (Å²) in [6, 6.07) is 7.84. The second-order valence-corrected chi connectivity index (χ2v) is 5.22. The minimum atomic E-state index is -0.104. The zero-order chi connectivity index (χ0) is 15.4. The molecule has 1 unspecified atom stereocenters. The van der Waals surface area contributed by atoms with Gasteiger partial charge in [-0.25, -0.2) is 4.98 Å². The third kappa shape index (κ3) is 3.42. The third-order valence-electron chi connectivity index (χ3n) is 3.39. The van der Waals surface area contributed by atoms with E-state index < -0.39 is 0 Å². The second kappa shape index (κ2) is 6.43. The predicted octanol–water partition coefficient (Wildman–Crippen LogP) is 3.01. The molecule has 1 atom stereocenters. The third-order valence-corrected chi connectivity index (χ3v) is 3.39. The molecule has 112 valence electrons. The molecule has 0 saturated carbocycles. The van der Waals surface area contributed by atoms with Crippen LogP contribution in [-0.4, -0.2) is 16.7 Å². The van der Waals surface area contributed by atoms with E-state index in [1.54, 1.807) is 24.1 Å². The predicted molar refractivity (Wildman–Crippen MR) is 83.9 cm³/mol. The van der Waals surface area contributed by atoms with Crippen LogP contribution in [0.15, 0.2) is 41.5 Å². The number of nitrogens with zero attached hydrogens (tertiary/aromatic N) is 2. The lowest BCUT2D eigenvalue weighted by atomic mass is 10.1. The highest BCUT2D eigenvalue weighted by Gasteiger charge is 2.11. The van der Waals surface area contributed by atoms with Crippen LogP contribution in [0.4, 0.5) is 5.82 Å². The molecule has 0 bridgehead atoms. The van der Waals surface area contributed by atoms with E-state index in [-0.39, 0.29) is 17.6 Å². The van der Waals surface area contributed by atoms with Crippen LogP contribution >= 0.6 is 0 Å². The normalized spacial score (nSPS) is 12.2. The standard InChI is InChI=1S/C16H21N3O2/c1-11(2)19-10-9-17-15(16(19)20)18-12(3)13-5-7-14(21-4)8-6-13/h5-12H,1-4H3,(H,17,18). The van der Waals surface area contributed by atoms with Crippen molar-refractivity contribution < 1.29 is 4.74 Å². The molecule has 21 heavy (non-hydrogen) atoms. The molecular formula is C16H21N3O2.